The number of benzene rings is 3. The SMILES string of the molecule is CCCCC(SC1=Nc2c(C)cccc2CN1c1cccc(Cl)c1)C(=O)N1CCN(c2ccccc2)CC1. The maximum absolute atomic E-state index is 13.9. The van der Waals surface area contributed by atoms with Crippen molar-refractivity contribution in [2.45, 2.75) is 44.9 Å². The molecule has 0 saturated carbocycles. The number of rotatable bonds is 7. The van der Waals surface area contributed by atoms with Crippen molar-refractivity contribution in [1.82, 2.24) is 4.90 Å². The largest absolute Gasteiger partial charge is 0.368 e. The second kappa shape index (κ2) is 12.3. The molecule has 0 N–H and O–H groups in total. The molecule has 2 heterocycles. The minimum Gasteiger partial charge on any atom is -0.368 e. The maximum atomic E-state index is 13.9. The highest BCUT2D eigenvalue weighted by molar-refractivity contribution is 8.15. The molecule has 3 aromatic rings. The summed E-state index contributed by atoms with van der Waals surface area (Å²) in [5.74, 6) is 0.223. The number of aryl methyl sites for hydroxylation is 1. The van der Waals surface area contributed by atoms with Crippen molar-refractivity contribution in [3.05, 3.63) is 88.9 Å². The number of nitrogens with zero attached hydrogens (tertiary/aromatic N) is 4. The van der Waals surface area contributed by atoms with Crippen molar-refractivity contribution in [3.63, 3.8) is 0 Å². The van der Waals surface area contributed by atoms with Crippen LogP contribution < -0.4 is 9.80 Å². The first-order valence-electron chi connectivity index (χ1n) is 13.5. The van der Waals surface area contributed by atoms with Gasteiger partial charge in [-0.2, -0.15) is 0 Å². The van der Waals surface area contributed by atoms with Gasteiger partial charge in [-0.1, -0.05) is 85.6 Å². The van der Waals surface area contributed by atoms with Crippen molar-refractivity contribution >= 4 is 51.5 Å². The van der Waals surface area contributed by atoms with Gasteiger partial charge in [-0.3, -0.25) is 4.79 Å². The Hall–Kier alpha value is -2.96. The number of piperazine rings is 1. The standard InChI is InChI=1S/C31H35ClN4OS/c1-3-4-16-28(30(37)35-19-17-34(18-20-35)26-13-6-5-7-14-26)38-31-33-29-23(2)10-8-11-24(29)22-36(31)27-15-9-12-25(32)21-27/h5-15,21,28H,3-4,16-20,22H2,1-2H3. The van der Waals surface area contributed by atoms with Crippen LogP contribution in [0, 0.1) is 6.92 Å². The summed E-state index contributed by atoms with van der Waals surface area (Å²) in [5.41, 5.74) is 5.57. The van der Waals surface area contributed by atoms with Crippen LogP contribution in [0.1, 0.15) is 37.3 Å². The number of anilines is 2. The fourth-order valence-corrected chi connectivity index (χ4v) is 6.53. The van der Waals surface area contributed by atoms with Gasteiger partial charge in [0.05, 0.1) is 17.5 Å². The number of amidine groups is 1. The highest BCUT2D eigenvalue weighted by Gasteiger charge is 2.32. The Kier molecular flexibility index (Phi) is 8.60. The van der Waals surface area contributed by atoms with Crippen LogP contribution in [0.25, 0.3) is 0 Å². The topological polar surface area (TPSA) is 39.2 Å². The van der Waals surface area contributed by atoms with E-state index in [4.69, 9.17) is 16.6 Å². The van der Waals surface area contributed by atoms with E-state index in [0.717, 1.165) is 67.5 Å². The van der Waals surface area contributed by atoms with Gasteiger partial charge in [0.15, 0.2) is 5.17 Å². The zero-order valence-corrected chi connectivity index (χ0v) is 23.7. The number of hydrogen-bond acceptors (Lipinski definition) is 5. The Bertz CT molecular complexity index is 1290. The van der Waals surface area contributed by atoms with Crippen LogP contribution in [0.5, 0.6) is 0 Å². The van der Waals surface area contributed by atoms with E-state index in [2.05, 4.69) is 77.1 Å². The van der Waals surface area contributed by atoms with Crippen molar-refractivity contribution in [2.75, 3.05) is 36.0 Å². The Morgan fingerprint density at radius 2 is 1.71 bits per heavy atom. The lowest BCUT2D eigenvalue weighted by atomic mass is 10.1. The molecular formula is C31H35ClN4OS. The van der Waals surface area contributed by atoms with E-state index in [9.17, 15) is 4.79 Å². The van der Waals surface area contributed by atoms with Crippen LogP contribution >= 0.6 is 23.4 Å². The summed E-state index contributed by atoms with van der Waals surface area (Å²) in [7, 11) is 0. The summed E-state index contributed by atoms with van der Waals surface area (Å²) in [6.07, 6.45) is 2.90. The fraction of sp³-hybridized carbons (Fsp3) is 0.355. The number of unbranched alkanes of at least 4 members (excludes halogenated alkanes) is 1. The first kappa shape index (κ1) is 26.6. The molecule has 0 aliphatic carbocycles. The molecule has 5 rings (SSSR count). The average Bonchev–Trinajstić information content (AvgIpc) is 2.95. The highest BCUT2D eigenvalue weighted by Crippen LogP contribution is 2.37. The minimum atomic E-state index is -0.177. The zero-order valence-electron chi connectivity index (χ0n) is 22.1. The Morgan fingerprint density at radius 1 is 0.974 bits per heavy atom. The van der Waals surface area contributed by atoms with E-state index < -0.39 is 0 Å². The van der Waals surface area contributed by atoms with Crippen molar-refractivity contribution in [1.29, 1.82) is 0 Å². The predicted molar refractivity (Wildman–Crippen MR) is 162 cm³/mol. The van der Waals surface area contributed by atoms with Crippen LogP contribution in [-0.2, 0) is 11.3 Å². The summed E-state index contributed by atoms with van der Waals surface area (Å²) in [5, 5.41) is 1.38. The summed E-state index contributed by atoms with van der Waals surface area (Å²) in [6.45, 7) is 8.17. The smallest absolute Gasteiger partial charge is 0.236 e. The summed E-state index contributed by atoms with van der Waals surface area (Å²) < 4.78 is 0. The second-order valence-corrected chi connectivity index (χ2v) is 11.5. The molecular weight excluding hydrogens is 512 g/mol. The number of fused-ring (bicyclic) bond motifs is 1. The van der Waals surface area contributed by atoms with Gasteiger partial charge in [0, 0.05) is 42.6 Å². The van der Waals surface area contributed by atoms with Gasteiger partial charge in [0.25, 0.3) is 0 Å². The number of halogens is 1. The minimum absolute atomic E-state index is 0.177. The first-order chi connectivity index (χ1) is 18.5. The lowest BCUT2D eigenvalue weighted by Gasteiger charge is -2.38. The molecule has 2 aliphatic heterocycles. The molecule has 0 aromatic heterocycles. The fourth-order valence-electron chi connectivity index (χ4n) is 5.11. The first-order valence-corrected chi connectivity index (χ1v) is 14.7. The van der Waals surface area contributed by atoms with E-state index in [0.29, 0.717) is 11.6 Å². The molecule has 1 amide bonds. The molecule has 5 nitrogen and oxygen atoms in total. The third-order valence-corrected chi connectivity index (χ3v) is 8.74. The highest BCUT2D eigenvalue weighted by atomic mass is 35.5. The lowest BCUT2D eigenvalue weighted by Crippen LogP contribution is -2.51. The lowest BCUT2D eigenvalue weighted by molar-refractivity contribution is -0.131. The quantitative estimate of drug-likeness (QED) is 0.312. The molecule has 0 spiro atoms. The van der Waals surface area contributed by atoms with Gasteiger partial charge in [-0.05, 0) is 54.8 Å². The van der Waals surface area contributed by atoms with E-state index >= 15 is 0 Å². The molecule has 2 aliphatic rings. The molecule has 7 heteroatoms. The molecule has 38 heavy (non-hydrogen) atoms. The number of amides is 1. The van der Waals surface area contributed by atoms with Gasteiger partial charge < -0.3 is 14.7 Å². The van der Waals surface area contributed by atoms with E-state index in [1.807, 2.05) is 24.3 Å². The van der Waals surface area contributed by atoms with E-state index in [1.165, 1.54) is 11.3 Å². The number of thioether (sulfide) groups is 1. The molecule has 0 bridgehead atoms. The predicted octanol–water partition coefficient (Wildman–Crippen LogP) is 7.30. The van der Waals surface area contributed by atoms with Gasteiger partial charge in [0.1, 0.15) is 0 Å². The molecule has 198 valence electrons. The Balaban J connectivity index is 1.38. The van der Waals surface area contributed by atoms with E-state index in [1.54, 1.807) is 11.8 Å². The van der Waals surface area contributed by atoms with Crippen LogP contribution in [-0.4, -0.2) is 47.4 Å². The van der Waals surface area contributed by atoms with Crippen LogP contribution in [0.3, 0.4) is 0 Å². The molecule has 0 radical (unpaired) electrons. The summed E-state index contributed by atoms with van der Waals surface area (Å²) in [4.78, 5) is 25.7. The summed E-state index contributed by atoms with van der Waals surface area (Å²) in [6, 6.07) is 24.7. The third kappa shape index (κ3) is 6.02. The molecule has 1 fully saturated rings. The normalized spacial score (nSPS) is 16.2. The molecule has 3 aromatic carbocycles. The van der Waals surface area contributed by atoms with Gasteiger partial charge >= 0.3 is 0 Å². The van der Waals surface area contributed by atoms with Gasteiger partial charge in [-0.25, -0.2) is 4.99 Å². The summed E-state index contributed by atoms with van der Waals surface area (Å²) >= 11 is 8.00. The Labute approximate surface area is 235 Å². The zero-order chi connectivity index (χ0) is 26.5. The second-order valence-electron chi connectivity index (χ2n) is 9.94. The number of carbonyl (C=O) groups is 1. The van der Waals surface area contributed by atoms with Gasteiger partial charge in [-0.15, -0.1) is 0 Å². The van der Waals surface area contributed by atoms with Gasteiger partial charge in [0.2, 0.25) is 5.91 Å². The number of aliphatic imine (C=N–C) groups is 1. The van der Waals surface area contributed by atoms with E-state index in [-0.39, 0.29) is 11.2 Å². The Morgan fingerprint density at radius 3 is 2.45 bits per heavy atom. The molecule has 1 unspecified atom stereocenters. The van der Waals surface area contributed by atoms with Crippen molar-refractivity contribution in [3.8, 4) is 0 Å². The maximum Gasteiger partial charge on any atom is 0.236 e. The number of para-hydroxylation sites is 2. The molecule has 1 saturated heterocycles. The third-order valence-electron chi connectivity index (χ3n) is 7.26. The van der Waals surface area contributed by atoms with Crippen LogP contribution in [0.4, 0.5) is 17.1 Å². The van der Waals surface area contributed by atoms with Crippen molar-refractivity contribution in [2.24, 2.45) is 4.99 Å². The van der Waals surface area contributed by atoms with Crippen LogP contribution in [0.2, 0.25) is 5.02 Å². The van der Waals surface area contributed by atoms with Crippen LogP contribution in [0.15, 0.2) is 77.8 Å². The monoisotopic (exact) mass is 546 g/mol. The number of carbonyl (C=O) groups excluding carboxylic acids is 1. The number of hydrogen-bond donors (Lipinski definition) is 0. The van der Waals surface area contributed by atoms with Crippen molar-refractivity contribution < 1.29 is 4.79 Å². The molecule has 1 atom stereocenters. The average molecular weight is 547 g/mol.